The van der Waals surface area contributed by atoms with Crippen molar-refractivity contribution in [2.45, 2.75) is 20.8 Å². The van der Waals surface area contributed by atoms with E-state index in [1.165, 1.54) is 12.1 Å². The fourth-order valence-corrected chi connectivity index (χ4v) is 2.65. The third-order valence-corrected chi connectivity index (χ3v) is 4.38. The number of hydrogen-bond donors (Lipinski definition) is 2. The van der Waals surface area contributed by atoms with E-state index in [-0.39, 0.29) is 11.4 Å². The zero-order valence-corrected chi connectivity index (χ0v) is 17.5. The average Bonchev–Trinajstić information content (AvgIpc) is 3.26. The first-order valence-electron chi connectivity index (χ1n) is 9.71. The van der Waals surface area contributed by atoms with Crippen molar-refractivity contribution in [2.24, 2.45) is 11.0 Å². The Kier molecular flexibility index (Phi) is 6.76. The molecule has 1 heterocycles. The number of H-pyrrole nitrogens is 1. The van der Waals surface area contributed by atoms with Crippen molar-refractivity contribution in [3.8, 4) is 17.0 Å². The van der Waals surface area contributed by atoms with Crippen LogP contribution in [0.25, 0.3) is 11.3 Å². The number of non-ortho nitro benzene ring substituents is 1. The van der Waals surface area contributed by atoms with E-state index in [1.807, 2.05) is 24.3 Å². The maximum absolute atomic E-state index is 12.4. The van der Waals surface area contributed by atoms with Gasteiger partial charge in [-0.2, -0.15) is 10.2 Å². The van der Waals surface area contributed by atoms with E-state index in [0.717, 1.165) is 11.3 Å². The van der Waals surface area contributed by atoms with Crippen molar-refractivity contribution >= 4 is 17.3 Å². The van der Waals surface area contributed by atoms with Crippen molar-refractivity contribution < 1.29 is 14.5 Å². The molecule has 3 aromatic rings. The van der Waals surface area contributed by atoms with Crippen LogP contribution in [0.15, 0.2) is 59.7 Å². The second-order valence-electron chi connectivity index (χ2n) is 7.34. The van der Waals surface area contributed by atoms with Gasteiger partial charge in [0, 0.05) is 17.7 Å². The number of nitrogens with one attached hydrogen (secondary N) is 2. The van der Waals surface area contributed by atoms with Crippen LogP contribution in [-0.2, 0) is 0 Å². The molecular weight excluding hydrogens is 398 g/mol. The van der Waals surface area contributed by atoms with Gasteiger partial charge in [-0.3, -0.25) is 20.0 Å². The van der Waals surface area contributed by atoms with Crippen LogP contribution in [0.4, 0.5) is 5.69 Å². The molecule has 31 heavy (non-hydrogen) atoms. The molecule has 9 heteroatoms. The molecule has 1 amide bonds. The highest BCUT2D eigenvalue weighted by Crippen LogP contribution is 2.21. The van der Waals surface area contributed by atoms with E-state index in [1.54, 1.807) is 25.1 Å². The minimum atomic E-state index is -0.472. The summed E-state index contributed by atoms with van der Waals surface area (Å²) < 4.78 is 5.67. The lowest BCUT2D eigenvalue weighted by molar-refractivity contribution is -0.384. The van der Waals surface area contributed by atoms with E-state index in [4.69, 9.17) is 4.74 Å². The summed E-state index contributed by atoms with van der Waals surface area (Å²) in [5, 5.41) is 21.7. The Morgan fingerprint density at radius 2 is 1.87 bits per heavy atom. The normalized spacial score (nSPS) is 11.4. The Labute approximate surface area is 179 Å². The van der Waals surface area contributed by atoms with Gasteiger partial charge in [0.15, 0.2) is 0 Å². The van der Waals surface area contributed by atoms with Gasteiger partial charge >= 0.3 is 0 Å². The van der Waals surface area contributed by atoms with Gasteiger partial charge in [0.25, 0.3) is 11.6 Å². The van der Waals surface area contributed by atoms with Crippen LogP contribution >= 0.6 is 0 Å². The maximum Gasteiger partial charge on any atom is 0.289 e. The molecule has 0 aliphatic carbocycles. The van der Waals surface area contributed by atoms with Gasteiger partial charge in [-0.05, 0) is 60.9 Å². The molecule has 9 nitrogen and oxygen atoms in total. The minimum Gasteiger partial charge on any atom is -0.493 e. The number of carbonyl (C=O) groups is 1. The Morgan fingerprint density at radius 3 is 2.48 bits per heavy atom. The average molecular weight is 421 g/mol. The summed E-state index contributed by atoms with van der Waals surface area (Å²) in [6.45, 7) is 6.51. The number of nitro groups is 1. The van der Waals surface area contributed by atoms with Crippen LogP contribution in [0.2, 0.25) is 0 Å². The third-order valence-electron chi connectivity index (χ3n) is 4.38. The Balaban J connectivity index is 1.63. The molecular formula is C22H23N5O4. The van der Waals surface area contributed by atoms with Gasteiger partial charge in [-0.1, -0.05) is 13.8 Å². The van der Waals surface area contributed by atoms with Crippen LogP contribution in [0.5, 0.6) is 5.75 Å². The van der Waals surface area contributed by atoms with Gasteiger partial charge in [0.1, 0.15) is 11.4 Å². The summed E-state index contributed by atoms with van der Waals surface area (Å²) >= 11 is 0. The molecule has 1 aromatic heterocycles. The summed E-state index contributed by atoms with van der Waals surface area (Å²) in [6.07, 6.45) is 0. The first-order chi connectivity index (χ1) is 14.8. The third kappa shape index (κ3) is 5.75. The fourth-order valence-electron chi connectivity index (χ4n) is 2.65. The van der Waals surface area contributed by atoms with Gasteiger partial charge in [0.05, 0.1) is 22.9 Å². The fraction of sp³-hybridized carbons (Fsp3) is 0.227. The lowest BCUT2D eigenvalue weighted by atomic mass is 10.1. The second kappa shape index (κ2) is 9.66. The zero-order chi connectivity index (χ0) is 22.4. The van der Waals surface area contributed by atoms with Crippen LogP contribution in [0.1, 0.15) is 36.8 Å². The summed E-state index contributed by atoms with van der Waals surface area (Å²) in [6, 6.07) is 15.0. The molecule has 0 spiro atoms. The van der Waals surface area contributed by atoms with Gasteiger partial charge in [0.2, 0.25) is 0 Å². The number of hydrogen-bond acceptors (Lipinski definition) is 6. The predicted molar refractivity (Wildman–Crippen MR) is 117 cm³/mol. The van der Waals surface area contributed by atoms with Gasteiger partial charge < -0.3 is 4.74 Å². The summed E-state index contributed by atoms with van der Waals surface area (Å²) in [5.41, 5.74) is 5.35. The smallest absolute Gasteiger partial charge is 0.289 e. The minimum absolute atomic E-state index is 0.00917. The largest absolute Gasteiger partial charge is 0.493 e. The molecule has 2 aromatic carbocycles. The van der Waals surface area contributed by atoms with E-state index in [9.17, 15) is 14.9 Å². The highest BCUT2D eigenvalue weighted by molar-refractivity contribution is 6.00. The van der Waals surface area contributed by atoms with E-state index < -0.39 is 10.8 Å². The topological polar surface area (TPSA) is 123 Å². The highest BCUT2D eigenvalue weighted by Gasteiger charge is 2.12. The lowest BCUT2D eigenvalue weighted by Gasteiger charge is -2.08. The standard InChI is InChI=1S/C22H23N5O4/c1-14(2)13-31-19-10-6-17(7-11-19)20-12-21(25-24-20)22(28)26-23-15(3)16-4-8-18(9-5-16)27(29)30/h4-12,14H,13H2,1-3H3,(H,24,25)(H,26,28)/b23-15-. The monoisotopic (exact) mass is 421 g/mol. The molecule has 0 saturated carbocycles. The second-order valence-corrected chi connectivity index (χ2v) is 7.34. The van der Waals surface area contributed by atoms with Crippen LogP contribution < -0.4 is 10.2 Å². The number of benzene rings is 2. The summed E-state index contributed by atoms with van der Waals surface area (Å²) in [7, 11) is 0. The predicted octanol–water partition coefficient (Wildman–Crippen LogP) is 4.17. The molecule has 0 atom stereocenters. The van der Waals surface area contributed by atoms with Crippen molar-refractivity contribution in [1.29, 1.82) is 0 Å². The molecule has 0 radical (unpaired) electrons. The molecule has 0 bridgehead atoms. The van der Waals surface area contributed by atoms with Crippen molar-refractivity contribution in [1.82, 2.24) is 15.6 Å². The zero-order valence-electron chi connectivity index (χ0n) is 17.5. The van der Waals surface area contributed by atoms with Crippen LogP contribution in [0, 0.1) is 16.0 Å². The van der Waals surface area contributed by atoms with Gasteiger partial charge in [-0.15, -0.1) is 0 Å². The SMILES string of the molecule is C/C(=N/NC(=O)c1cc(-c2ccc(OCC(C)C)cc2)n[nH]1)c1ccc([N+](=O)[O-])cc1. The Bertz CT molecular complexity index is 1090. The molecule has 0 fully saturated rings. The number of ether oxygens (including phenoxy) is 1. The van der Waals surface area contributed by atoms with E-state index in [2.05, 4.69) is 34.6 Å². The number of aromatic nitrogens is 2. The van der Waals surface area contributed by atoms with Crippen LogP contribution in [-0.4, -0.2) is 33.3 Å². The first-order valence-corrected chi connectivity index (χ1v) is 9.71. The number of nitro benzene ring substituents is 1. The number of nitrogens with zero attached hydrogens (tertiary/aromatic N) is 3. The molecule has 160 valence electrons. The molecule has 3 rings (SSSR count). The molecule has 0 saturated heterocycles. The molecule has 0 aliphatic heterocycles. The summed E-state index contributed by atoms with van der Waals surface area (Å²) in [4.78, 5) is 22.6. The van der Waals surface area contributed by atoms with Crippen molar-refractivity contribution in [3.05, 3.63) is 76.0 Å². The molecule has 0 aliphatic rings. The van der Waals surface area contributed by atoms with E-state index in [0.29, 0.717) is 29.5 Å². The molecule has 0 unspecified atom stereocenters. The molecule has 2 N–H and O–H groups in total. The van der Waals surface area contributed by atoms with E-state index >= 15 is 0 Å². The first kappa shape index (κ1) is 21.7. The number of amides is 1. The maximum atomic E-state index is 12.4. The number of aromatic amines is 1. The van der Waals surface area contributed by atoms with Crippen molar-refractivity contribution in [3.63, 3.8) is 0 Å². The number of rotatable bonds is 8. The lowest BCUT2D eigenvalue weighted by Crippen LogP contribution is -2.19. The van der Waals surface area contributed by atoms with Gasteiger partial charge in [-0.25, -0.2) is 5.43 Å². The Morgan fingerprint density at radius 1 is 1.19 bits per heavy atom. The Hall–Kier alpha value is -4.01. The number of hydrazone groups is 1. The summed E-state index contributed by atoms with van der Waals surface area (Å²) in [5.74, 6) is 0.776. The number of carbonyl (C=O) groups excluding carboxylic acids is 1. The quantitative estimate of drug-likeness (QED) is 0.321. The highest BCUT2D eigenvalue weighted by atomic mass is 16.6. The van der Waals surface area contributed by atoms with Crippen molar-refractivity contribution in [2.75, 3.05) is 6.61 Å². The van der Waals surface area contributed by atoms with Crippen LogP contribution in [0.3, 0.4) is 0 Å².